The Morgan fingerprint density at radius 2 is 1.89 bits per heavy atom. The van der Waals surface area contributed by atoms with Crippen molar-refractivity contribution in [1.82, 2.24) is 9.21 Å². The molecule has 1 aliphatic rings. The van der Waals surface area contributed by atoms with Gasteiger partial charge in [-0.3, -0.25) is 4.79 Å². The summed E-state index contributed by atoms with van der Waals surface area (Å²) in [6, 6.07) is 8.06. The van der Waals surface area contributed by atoms with Crippen LogP contribution < -0.4 is 0 Å². The highest BCUT2D eigenvalue weighted by Crippen LogP contribution is 2.23. The number of carbonyl (C=O) groups is 1. The maximum absolute atomic E-state index is 13.0. The minimum atomic E-state index is -3.20. The molecule has 5 nitrogen and oxygen atoms in total. The van der Waals surface area contributed by atoms with Gasteiger partial charge in [0.2, 0.25) is 15.9 Å². The fraction of sp³-hybridized carbons (Fsp3) is 0.571. The SMILES string of the molecule is C#CCN(Cc1ccc(C)cc1)C(=O)C1CCN(S(=O)(=O)CCCC)CC1. The van der Waals surface area contributed by atoms with E-state index in [1.54, 1.807) is 4.90 Å². The molecule has 0 atom stereocenters. The van der Waals surface area contributed by atoms with E-state index in [1.807, 2.05) is 38.1 Å². The fourth-order valence-electron chi connectivity index (χ4n) is 3.33. The van der Waals surface area contributed by atoms with E-state index in [4.69, 9.17) is 6.42 Å². The summed E-state index contributed by atoms with van der Waals surface area (Å²) in [7, 11) is -3.20. The van der Waals surface area contributed by atoms with Crippen LogP contribution in [0.15, 0.2) is 24.3 Å². The first-order chi connectivity index (χ1) is 12.9. The molecular weight excluding hydrogens is 360 g/mol. The molecule has 1 fully saturated rings. The number of hydrogen-bond donors (Lipinski definition) is 0. The van der Waals surface area contributed by atoms with E-state index >= 15 is 0 Å². The van der Waals surface area contributed by atoms with Gasteiger partial charge in [-0.15, -0.1) is 6.42 Å². The molecule has 6 heteroatoms. The van der Waals surface area contributed by atoms with Crippen LogP contribution >= 0.6 is 0 Å². The summed E-state index contributed by atoms with van der Waals surface area (Å²) >= 11 is 0. The fourth-order valence-corrected chi connectivity index (χ4v) is 5.01. The second-order valence-corrected chi connectivity index (χ2v) is 9.32. The maximum Gasteiger partial charge on any atom is 0.226 e. The molecule has 0 bridgehead atoms. The Bertz CT molecular complexity index is 758. The standard InChI is InChI=1S/C21H30N2O3S/c1-4-6-16-27(25,26)23-14-11-20(12-15-23)21(24)22(13-5-2)17-19-9-7-18(3)8-10-19/h2,7-10,20H,4,6,11-17H2,1,3H3. The molecule has 1 aromatic rings. The number of benzene rings is 1. The molecule has 0 spiro atoms. The third-order valence-corrected chi connectivity index (χ3v) is 7.00. The Hall–Kier alpha value is -1.84. The Kier molecular flexibility index (Phi) is 7.88. The summed E-state index contributed by atoms with van der Waals surface area (Å²) in [6.07, 6.45) is 8.11. The quantitative estimate of drug-likeness (QED) is 0.642. The highest BCUT2D eigenvalue weighted by atomic mass is 32.2. The lowest BCUT2D eigenvalue weighted by atomic mass is 9.96. The van der Waals surface area contributed by atoms with Gasteiger partial charge >= 0.3 is 0 Å². The number of rotatable bonds is 8. The lowest BCUT2D eigenvalue weighted by molar-refractivity contribution is -0.136. The van der Waals surface area contributed by atoms with Crippen LogP contribution in [-0.4, -0.2) is 48.9 Å². The number of sulfonamides is 1. The number of hydrogen-bond acceptors (Lipinski definition) is 3. The molecule has 1 aromatic carbocycles. The van der Waals surface area contributed by atoms with Crippen LogP contribution in [0.3, 0.4) is 0 Å². The second kappa shape index (κ2) is 9.91. The molecule has 2 rings (SSSR count). The number of nitrogens with zero attached hydrogens (tertiary/aromatic N) is 2. The molecule has 0 saturated carbocycles. The Morgan fingerprint density at radius 1 is 1.26 bits per heavy atom. The van der Waals surface area contributed by atoms with E-state index in [-0.39, 0.29) is 24.1 Å². The van der Waals surface area contributed by atoms with Crippen LogP contribution in [0, 0.1) is 25.2 Å². The van der Waals surface area contributed by atoms with E-state index < -0.39 is 10.0 Å². The highest BCUT2D eigenvalue weighted by Gasteiger charge is 2.32. The topological polar surface area (TPSA) is 57.7 Å². The van der Waals surface area contributed by atoms with E-state index in [1.165, 1.54) is 9.87 Å². The average molecular weight is 391 g/mol. The third-order valence-electron chi connectivity index (χ3n) is 5.04. The summed E-state index contributed by atoms with van der Waals surface area (Å²) in [4.78, 5) is 14.7. The van der Waals surface area contributed by atoms with Crippen molar-refractivity contribution in [1.29, 1.82) is 0 Å². The first-order valence-corrected chi connectivity index (χ1v) is 11.2. The molecule has 0 N–H and O–H groups in total. The van der Waals surface area contributed by atoms with Crippen molar-refractivity contribution >= 4 is 15.9 Å². The van der Waals surface area contributed by atoms with E-state index in [0.29, 0.717) is 38.9 Å². The number of terminal acetylenes is 1. The summed E-state index contributed by atoms with van der Waals surface area (Å²) in [5, 5.41) is 0. The van der Waals surface area contributed by atoms with Gasteiger partial charge in [-0.25, -0.2) is 12.7 Å². The largest absolute Gasteiger partial charge is 0.327 e. The van der Waals surface area contributed by atoms with Gasteiger partial charge in [0.1, 0.15) is 0 Å². The number of unbranched alkanes of at least 4 members (excludes halogenated alkanes) is 1. The first-order valence-electron chi connectivity index (χ1n) is 9.63. The van der Waals surface area contributed by atoms with Crippen LogP contribution in [0.4, 0.5) is 0 Å². The van der Waals surface area contributed by atoms with Crippen molar-refractivity contribution < 1.29 is 13.2 Å². The number of carbonyl (C=O) groups excluding carboxylic acids is 1. The van der Waals surface area contributed by atoms with Crippen molar-refractivity contribution in [2.45, 2.75) is 46.1 Å². The second-order valence-electron chi connectivity index (χ2n) is 7.23. The zero-order chi connectivity index (χ0) is 19.9. The van der Waals surface area contributed by atoms with Crippen LogP contribution in [0.5, 0.6) is 0 Å². The van der Waals surface area contributed by atoms with Gasteiger partial charge in [0.15, 0.2) is 0 Å². The lowest BCUT2D eigenvalue weighted by Gasteiger charge is -2.33. The minimum Gasteiger partial charge on any atom is -0.327 e. The molecule has 1 heterocycles. The zero-order valence-electron chi connectivity index (χ0n) is 16.4. The molecular formula is C21H30N2O3S. The molecule has 1 amide bonds. The Morgan fingerprint density at radius 3 is 2.44 bits per heavy atom. The zero-order valence-corrected chi connectivity index (χ0v) is 17.2. The summed E-state index contributed by atoms with van der Waals surface area (Å²) in [5.74, 6) is 2.63. The number of aryl methyl sites for hydroxylation is 1. The average Bonchev–Trinajstić information content (AvgIpc) is 2.67. The molecule has 0 unspecified atom stereocenters. The molecule has 1 saturated heterocycles. The number of piperidine rings is 1. The van der Waals surface area contributed by atoms with E-state index in [0.717, 1.165) is 12.0 Å². The molecule has 27 heavy (non-hydrogen) atoms. The number of amides is 1. The van der Waals surface area contributed by atoms with Crippen molar-refractivity contribution in [3.8, 4) is 12.3 Å². The van der Waals surface area contributed by atoms with Crippen LogP contribution in [0.2, 0.25) is 0 Å². The smallest absolute Gasteiger partial charge is 0.226 e. The first kappa shape index (κ1) is 21.5. The minimum absolute atomic E-state index is 0.0270. The van der Waals surface area contributed by atoms with Crippen molar-refractivity contribution in [3.63, 3.8) is 0 Å². The third kappa shape index (κ3) is 6.08. The van der Waals surface area contributed by atoms with Crippen LogP contribution in [0.1, 0.15) is 43.7 Å². The van der Waals surface area contributed by atoms with Gasteiger partial charge in [0.25, 0.3) is 0 Å². The van der Waals surface area contributed by atoms with Crippen LogP contribution in [0.25, 0.3) is 0 Å². The summed E-state index contributed by atoms with van der Waals surface area (Å²) < 4.78 is 26.2. The molecule has 148 valence electrons. The van der Waals surface area contributed by atoms with Gasteiger partial charge in [0.05, 0.1) is 12.3 Å². The van der Waals surface area contributed by atoms with Crippen molar-refractivity contribution in [2.75, 3.05) is 25.4 Å². The highest BCUT2D eigenvalue weighted by molar-refractivity contribution is 7.89. The van der Waals surface area contributed by atoms with E-state index in [9.17, 15) is 13.2 Å². The summed E-state index contributed by atoms with van der Waals surface area (Å²) in [5.41, 5.74) is 2.22. The molecule has 0 aliphatic carbocycles. The van der Waals surface area contributed by atoms with Gasteiger partial charge in [-0.2, -0.15) is 0 Å². The molecule has 0 aromatic heterocycles. The lowest BCUT2D eigenvalue weighted by Crippen LogP contribution is -2.44. The summed E-state index contributed by atoms with van der Waals surface area (Å²) in [6.45, 7) is 5.58. The van der Waals surface area contributed by atoms with Crippen molar-refractivity contribution in [2.24, 2.45) is 5.92 Å². The van der Waals surface area contributed by atoms with E-state index in [2.05, 4.69) is 5.92 Å². The predicted octanol–water partition coefficient (Wildman–Crippen LogP) is 2.80. The Balaban J connectivity index is 1.97. The molecule has 1 aliphatic heterocycles. The van der Waals surface area contributed by atoms with Gasteiger partial charge in [-0.1, -0.05) is 49.1 Å². The Labute approximate surface area is 163 Å². The normalized spacial score (nSPS) is 16.0. The van der Waals surface area contributed by atoms with Gasteiger partial charge in [-0.05, 0) is 31.7 Å². The monoisotopic (exact) mass is 390 g/mol. The predicted molar refractivity (Wildman–Crippen MR) is 108 cm³/mol. The van der Waals surface area contributed by atoms with Gasteiger partial charge in [0, 0.05) is 25.6 Å². The van der Waals surface area contributed by atoms with Crippen LogP contribution in [-0.2, 0) is 21.4 Å². The van der Waals surface area contributed by atoms with Crippen molar-refractivity contribution in [3.05, 3.63) is 35.4 Å². The maximum atomic E-state index is 13.0. The molecule has 0 radical (unpaired) electrons. The van der Waals surface area contributed by atoms with Gasteiger partial charge < -0.3 is 4.90 Å².